The highest BCUT2D eigenvalue weighted by atomic mass is 16.2. The predicted octanol–water partition coefficient (Wildman–Crippen LogP) is 1.53. The van der Waals surface area contributed by atoms with Crippen LogP contribution in [0.3, 0.4) is 0 Å². The molecule has 1 rings (SSSR count). The molecule has 0 atom stereocenters. The SMILES string of the molecule is CN1C=CC(CCCCO)=CC1. The average molecular weight is 167 g/mol. The van der Waals surface area contributed by atoms with Gasteiger partial charge in [0.25, 0.3) is 0 Å². The first kappa shape index (κ1) is 9.33. The van der Waals surface area contributed by atoms with Crippen molar-refractivity contribution in [3.05, 3.63) is 23.9 Å². The molecule has 2 heteroatoms. The van der Waals surface area contributed by atoms with Crippen LogP contribution in [0.2, 0.25) is 0 Å². The Morgan fingerprint density at radius 3 is 2.92 bits per heavy atom. The van der Waals surface area contributed by atoms with Gasteiger partial charge in [0.1, 0.15) is 0 Å². The summed E-state index contributed by atoms with van der Waals surface area (Å²) in [5.41, 5.74) is 1.40. The molecule has 0 unspecified atom stereocenters. The molecule has 0 saturated heterocycles. The molecule has 0 spiro atoms. The zero-order chi connectivity index (χ0) is 8.81. The van der Waals surface area contributed by atoms with E-state index in [2.05, 4.69) is 30.3 Å². The van der Waals surface area contributed by atoms with E-state index in [0.29, 0.717) is 6.61 Å². The largest absolute Gasteiger partial charge is 0.396 e. The highest BCUT2D eigenvalue weighted by Crippen LogP contribution is 2.12. The highest BCUT2D eigenvalue weighted by Gasteiger charge is 1.99. The molecule has 0 aromatic heterocycles. The van der Waals surface area contributed by atoms with Gasteiger partial charge in [0.15, 0.2) is 0 Å². The lowest BCUT2D eigenvalue weighted by Crippen LogP contribution is -2.13. The van der Waals surface area contributed by atoms with Gasteiger partial charge in [-0.3, -0.25) is 0 Å². The van der Waals surface area contributed by atoms with E-state index in [9.17, 15) is 0 Å². The molecule has 0 saturated carbocycles. The van der Waals surface area contributed by atoms with E-state index in [1.54, 1.807) is 0 Å². The zero-order valence-electron chi connectivity index (χ0n) is 7.66. The normalized spacial score (nSPS) is 16.5. The molecule has 1 heterocycles. The van der Waals surface area contributed by atoms with Crippen molar-refractivity contribution in [1.29, 1.82) is 0 Å². The van der Waals surface area contributed by atoms with Crippen molar-refractivity contribution in [1.82, 2.24) is 4.90 Å². The van der Waals surface area contributed by atoms with E-state index in [1.165, 1.54) is 5.57 Å². The van der Waals surface area contributed by atoms with Gasteiger partial charge in [0.2, 0.25) is 0 Å². The second-order valence-electron chi connectivity index (χ2n) is 3.22. The van der Waals surface area contributed by atoms with Crippen LogP contribution in [-0.2, 0) is 0 Å². The van der Waals surface area contributed by atoms with Crippen LogP contribution in [0.15, 0.2) is 23.9 Å². The number of aliphatic hydroxyl groups is 1. The average Bonchev–Trinajstić information content (AvgIpc) is 2.09. The fraction of sp³-hybridized carbons (Fsp3) is 0.600. The van der Waals surface area contributed by atoms with Gasteiger partial charge in [-0.05, 0) is 37.1 Å². The van der Waals surface area contributed by atoms with E-state index in [1.807, 2.05) is 0 Å². The topological polar surface area (TPSA) is 23.5 Å². The van der Waals surface area contributed by atoms with Crippen molar-refractivity contribution in [2.45, 2.75) is 19.3 Å². The molecule has 68 valence electrons. The third-order valence-corrected chi connectivity index (χ3v) is 2.06. The van der Waals surface area contributed by atoms with Crippen LogP contribution in [0.4, 0.5) is 0 Å². The number of hydrogen-bond donors (Lipinski definition) is 1. The van der Waals surface area contributed by atoms with Crippen LogP contribution in [0.5, 0.6) is 0 Å². The number of likely N-dealkylation sites (N-methyl/N-ethyl adjacent to an activating group) is 1. The van der Waals surface area contributed by atoms with Crippen molar-refractivity contribution in [3.8, 4) is 0 Å². The Labute approximate surface area is 74.2 Å². The lowest BCUT2D eigenvalue weighted by molar-refractivity contribution is 0.284. The molecule has 0 bridgehead atoms. The molecule has 1 N–H and O–H groups in total. The van der Waals surface area contributed by atoms with Crippen LogP contribution in [-0.4, -0.2) is 30.2 Å². The lowest BCUT2D eigenvalue weighted by atomic mass is 10.1. The zero-order valence-corrected chi connectivity index (χ0v) is 7.66. The maximum Gasteiger partial charge on any atom is 0.0431 e. The first-order valence-electron chi connectivity index (χ1n) is 4.51. The number of rotatable bonds is 4. The van der Waals surface area contributed by atoms with E-state index in [-0.39, 0.29) is 0 Å². The molecule has 1 aliphatic heterocycles. The maximum atomic E-state index is 8.59. The molecular formula is C10H17NO. The Hall–Kier alpha value is -0.760. The molecule has 1 aliphatic rings. The van der Waals surface area contributed by atoms with Crippen molar-refractivity contribution >= 4 is 0 Å². The number of aliphatic hydroxyl groups excluding tert-OH is 1. The first-order chi connectivity index (χ1) is 5.83. The second-order valence-corrected chi connectivity index (χ2v) is 3.22. The van der Waals surface area contributed by atoms with Gasteiger partial charge in [0.05, 0.1) is 0 Å². The molecule has 0 fully saturated rings. The standard InChI is InChI=1S/C10H17NO/c1-11-7-5-10(6-8-11)4-2-3-9-12/h5-7,12H,2-4,8-9H2,1H3. The van der Waals surface area contributed by atoms with Gasteiger partial charge < -0.3 is 10.0 Å². The van der Waals surface area contributed by atoms with Crippen molar-refractivity contribution in [2.24, 2.45) is 0 Å². The van der Waals surface area contributed by atoms with Crippen molar-refractivity contribution < 1.29 is 5.11 Å². The number of nitrogens with zero attached hydrogens (tertiary/aromatic N) is 1. The van der Waals surface area contributed by atoms with E-state index >= 15 is 0 Å². The van der Waals surface area contributed by atoms with Gasteiger partial charge >= 0.3 is 0 Å². The van der Waals surface area contributed by atoms with Crippen LogP contribution in [0.25, 0.3) is 0 Å². The summed E-state index contributed by atoms with van der Waals surface area (Å²) in [6.45, 7) is 1.34. The summed E-state index contributed by atoms with van der Waals surface area (Å²) < 4.78 is 0. The number of unbranched alkanes of at least 4 members (excludes halogenated alkanes) is 1. The molecule has 0 aromatic carbocycles. The summed E-state index contributed by atoms with van der Waals surface area (Å²) in [5, 5.41) is 8.59. The Kier molecular flexibility index (Phi) is 3.88. The molecule has 2 nitrogen and oxygen atoms in total. The Morgan fingerprint density at radius 2 is 2.33 bits per heavy atom. The molecular weight excluding hydrogens is 150 g/mol. The fourth-order valence-electron chi connectivity index (χ4n) is 1.24. The summed E-state index contributed by atoms with van der Waals surface area (Å²) in [7, 11) is 2.07. The van der Waals surface area contributed by atoms with Crippen LogP contribution >= 0.6 is 0 Å². The summed E-state index contributed by atoms with van der Waals surface area (Å²) in [5.74, 6) is 0. The molecule has 0 radical (unpaired) electrons. The van der Waals surface area contributed by atoms with Gasteiger partial charge in [0, 0.05) is 20.2 Å². The fourth-order valence-corrected chi connectivity index (χ4v) is 1.24. The van der Waals surface area contributed by atoms with Gasteiger partial charge in [-0.25, -0.2) is 0 Å². The third-order valence-electron chi connectivity index (χ3n) is 2.06. The Morgan fingerprint density at radius 1 is 1.50 bits per heavy atom. The van der Waals surface area contributed by atoms with E-state index < -0.39 is 0 Å². The molecule has 0 amide bonds. The number of hydrogen-bond acceptors (Lipinski definition) is 2. The Bertz CT molecular complexity index is 184. The van der Waals surface area contributed by atoms with Crippen LogP contribution in [0.1, 0.15) is 19.3 Å². The Balaban J connectivity index is 2.21. The van der Waals surface area contributed by atoms with Crippen LogP contribution < -0.4 is 0 Å². The van der Waals surface area contributed by atoms with E-state index in [0.717, 1.165) is 25.8 Å². The quantitative estimate of drug-likeness (QED) is 0.642. The summed E-state index contributed by atoms with van der Waals surface area (Å²) in [6, 6.07) is 0. The second kappa shape index (κ2) is 4.99. The minimum absolute atomic E-state index is 0.316. The van der Waals surface area contributed by atoms with Crippen molar-refractivity contribution in [2.75, 3.05) is 20.2 Å². The summed E-state index contributed by atoms with van der Waals surface area (Å²) in [6.07, 6.45) is 9.62. The smallest absolute Gasteiger partial charge is 0.0431 e. The van der Waals surface area contributed by atoms with Gasteiger partial charge in [-0.2, -0.15) is 0 Å². The molecule has 0 aromatic rings. The first-order valence-corrected chi connectivity index (χ1v) is 4.51. The number of allylic oxidation sites excluding steroid dienone is 2. The monoisotopic (exact) mass is 167 g/mol. The van der Waals surface area contributed by atoms with E-state index in [4.69, 9.17) is 5.11 Å². The predicted molar refractivity (Wildman–Crippen MR) is 50.8 cm³/mol. The maximum absolute atomic E-state index is 8.59. The van der Waals surface area contributed by atoms with Crippen molar-refractivity contribution in [3.63, 3.8) is 0 Å². The summed E-state index contributed by atoms with van der Waals surface area (Å²) >= 11 is 0. The third kappa shape index (κ3) is 3.09. The minimum atomic E-state index is 0.316. The molecule has 0 aliphatic carbocycles. The lowest BCUT2D eigenvalue weighted by Gasteiger charge is -2.16. The minimum Gasteiger partial charge on any atom is -0.396 e. The molecule has 12 heavy (non-hydrogen) atoms. The highest BCUT2D eigenvalue weighted by molar-refractivity contribution is 5.22. The van der Waals surface area contributed by atoms with Gasteiger partial charge in [-0.1, -0.05) is 6.08 Å². The summed E-state index contributed by atoms with van der Waals surface area (Å²) in [4.78, 5) is 2.15. The van der Waals surface area contributed by atoms with Crippen LogP contribution in [0, 0.1) is 0 Å². The van der Waals surface area contributed by atoms with Gasteiger partial charge in [-0.15, -0.1) is 0 Å².